The van der Waals surface area contributed by atoms with Gasteiger partial charge in [-0.05, 0) is 12.1 Å². The summed E-state index contributed by atoms with van der Waals surface area (Å²) in [5, 5.41) is 18.4. The zero-order valence-corrected chi connectivity index (χ0v) is 13.8. The first-order valence-corrected chi connectivity index (χ1v) is 8.29. The molecule has 0 amide bonds. The van der Waals surface area contributed by atoms with E-state index in [1.54, 1.807) is 6.07 Å². The van der Waals surface area contributed by atoms with Crippen LogP contribution in [0.25, 0.3) is 5.65 Å². The summed E-state index contributed by atoms with van der Waals surface area (Å²) in [6.07, 6.45) is 3.66. The highest BCUT2D eigenvalue weighted by Crippen LogP contribution is 2.11. The minimum absolute atomic E-state index is 0.128. The fourth-order valence-corrected chi connectivity index (χ4v) is 2.96. The van der Waals surface area contributed by atoms with Gasteiger partial charge in [0.05, 0.1) is 37.3 Å². The molecule has 0 atom stereocenters. The molecule has 0 radical (unpaired) electrons. The van der Waals surface area contributed by atoms with Crippen molar-refractivity contribution in [2.24, 2.45) is 0 Å². The normalized spacial score (nSPS) is 15.9. The van der Waals surface area contributed by atoms with E-state index in [1.807, 2.05) is 22.9 Å². The van der Waals surface area contributed by atoms with E-state index in [0.29, 0.717) is 18.7 Å². The molecule has 1 fully saturated rings. The number of aliphatic hydroxyl groups excluding tert-OH is 1. The van der Waals surface area contributed by atoms with Crippen LogP contribution in [0.5, 0.6) is 0 Å². The molecule has 2 aromatic heterocycles. The molecule has 3 heterocycles. The van der Waals surface area contributed by atoms with Crippen molar-refractivity contribution >= 4 is 5.65 Å². The number of hydrogen-bond acceptors (Lipinski definition) is 6. The highest BCUT2D eigenvalue weighted by molar-refractivity contribution is 5.44. The number of morpholine rings is 1. The number of pyridine rings is 1. The van der Waals surface area contributed by atoms with Gasteiger partial charge in [-0.25, -0.2) is 4.98 Å². The lowest BCUT2D eigenvalue weighted by Gasteiger charge is -2.29. The Hall–Kier alpha value is -1.98. The van der Waals surface area contributed by atoms with Crippen molar-refractivity contribution in [3.05, 3.63) is 35.8 Å². The molecule has 1 aliphatic heterocycles. The van der Waals surface area contributed by atoms with Gasteiger partial charge >= 0.3 is 0 Å². The number of hydrogen-bond donors (Lipinski definition) is 1. The standard InChI is InChI=1S/C17H23N5O2/c18-11-15-1-2-17-19-12-16(22(17)13-15)14-21(5-8-23)4-3-20-6-9-24-10-7-20/h1-2,12-13,23H,3-10,14H2. The number of imidazole rings is 1. The Morgan fingerprint density at radius 1 is 1.29 bits per heavy atom. The zero-order chi connectivity index (χ0) is 16.8. The van der Waals surface area contributed by atoms with Crippen LogP contribution in [-0.2, 0) is 11.3 Å². The predicted octanol–water partition coefficient (Wildman–Crippen LogP) is 0.332. The third-order valence-electron chi connectivity index (χ3n) is 4.35. The number of fused-ring (bicyclic) bond motifs is 1. The van der Waals surface area contributed by atoms with E-state index in [1.165, 1.54) is 0 Å². The Labute approximate surface area is 141 Å². The van der Waals surface area contributed by atoms with Crippen LogP contribution in [0.3, 0.4) is 0 Å². The Kier molecular flexibility index (Phi) is 5.77. The van der Waals surface area contributed by atoms with E-state index in [9.17, 15) is 5.11 Å². The molecule has 0 bridgehead atoms. The van der Waals surface area contributed by atoms with Crippen molar-refractivity contribution in [2.75, 3.05) is 52.5 Å². The van der Waals surface area contributed by atoms with Crippen LogP contribution >= 0.6 is 0 Å². The SMILES string of the molecule is N#Cc1ccc2ncc(CN(CCO)CCN3CCOCC3)n2c1. The number of aliphatic hydroxyl groups is 1. The van der Waals surface area contributed by atoms with Gasteiger partial charge in [0.1, 0.15) is 11.7 Å². The van der Waals surface area contributed by atoms with Crippen LogP contribution in [0.15, 0.2) is 24.5 Å². The van der Waals surface area contributed by atoms with Gasteiger partial charge < -0.3 is 14.2 Å². The second kappa shape index (κ2) is 8.22. The van der Waals surface area contributed by atoms with Gasteiger partial charge in [0, 0.05) is 45.5 Å². The second-order valence-electron chi connectivity index (χ2n) is 5.96. The summed E-state index contributed by atoms with van der Waals surface area (Å²) in [6.45, 7) is 6.81. The molecule has 0 unspecified atom stereocenters. The van der Waals surface area contributed by atoms with Crippen LogP contribution in [0.2, 0.25) is 0 Å². The van der Waals surface area contributed by atoms with Crippen LogP contribution in [0, 0.1) is 11.3 Å². The fourth-order valence-electron chi connectivity index (χ4n) is 2.96. The van der Waals surface area contributed by atoms with Crippen LogP contribution < -0.4 is 0 Å². The maximum atomic E-state index is 9.36. The lowest BCUT2D eigenvalue weighted by Crippen LogP contribution is -2.42. The van der Waals surface area contributed by atoms with E-state index in [2.05, 4.69) is 20.9 Å². The lowest BCUT2D eigenvalue weighted by molar-refractivity contribution is 0.0319. The van der Waals surface area contributed by atoms with Gasteiger partial charge in [-0.15, -0.1) is 0 Å². The highest BCUT2D eigenvalue weighted by atomic mass is 16.5. The van der Waals surface area contributed by atoms with Crippen LogP contribution in [0.1, 0.15) is 11.3 Å². The quantitative estimate of drug-likeness (QED) is 0.789. The molecule has 0 saturated carbocycles. The molecule has 0 aromatic carbocycles. The van der Waals surface area contributed by atoms with Crippen LogP contribution in [0.4, 0.5) is 0 Å². The van der Waals surface area contributed by atoms with Crippen LogP contribution in [-0.4, -0.2) is 76.8 Å². The molecule has 24 heavy (non-hydrogen) atoms. The molecule has 1 aliphatic rings. The molecule has 1 N–H and O–H groups in total. The maximum absolute atomic E-state index is 9.36. The molecular formula is C17H23N5O2. The Balaban J connectivity index is 1.67. The highest BCUT2D eigenvalue weighted by Gasteiger charge is 2.14. The maximum Gasteiger partial charge on any atom is 0.137 e. The van der Waals surface area contributed by atoms with Gasteiger partial charge in [0.15, 0.2) is 0 Å². The van der Waals surface area contributed by atoms with E-state index in [4.69, 9.17) is 10.00 Å². The largest absolute Gasteiger partial charge is 0.395 e. The number of ether oxygens (including phenoxy) is 1. The first kappa shape index (κ1) is 16.9. The molecule has 0 spiro atoms. The van der Waals surface area contributed by atoms with Crippen molar-refractivity contribution in [1.82, 2.24) is 19.2 Å². The Bertz CT molecular complexity index is 703. The number of rotatable bonds is 7. The average molecular weight is 329 g/mol. The van der Waals surface area contributed by atoms with Gasteiger partial charge in [-0.3, -0.25) is 9.80 Å². The molecule has 7 heteroatoms. The molecule has 1 saturated heterocycles. The predicted molar refractivity (Wildman–Crippen MR) is 89.5 cm³/mol. The van der Waals surface area contributed by atoms with Crippen molar-refractivity contribution in [1.29, 1.82) is 5.26 Å². The van der Waals surface area contributed by atoms with Crippen molar-refractivity contribution in [2.45, 2.75) is 6.54 Å². The number of aromatic nitrogens is 2. The third kappa shape index (κ3) is 4.10. The van der Waals surface area contributed by atoms with Gasteiger partial charge in [0.25, 0.3) is 0 Å². The zero-order valence-electron chi connectivity index (χ0n) is 13.8. The van der Waals surface area contributed by atoms with Crippen molar-refractivity contribution in [3.63, 3.8) is 0 Å². The Morgan fingerprint density at radius 3 is 2.88 bits per heavy atom. The molecule has 128 valence electrons. The van der Waals surface area contributed by atoms with E-state index < -0.39 is 0 Å². The van der Waals surface area contributed by atoms with Gasteiger partial charge in [-0.1, -0.05) is 0 Å². The van der Waals surface area contributed by atoms with E-state index in [0.717, 1.165) is 50.7 Å². The smallest absolute Gasteiger partial charge is 0.137 e. The van der Waals surface area contributed by atoms with Crippen molar-refractivity contribution in [3.8, 4) is 6.07 Å². The minimum Gasteiger partial charge on any atom is -0.395 e. The minimum atomic E-state index is 0.128. The summed E-state index contributed by atoms with van der Waals surface area (Å²) in [5.74, 6) is 0. The summed E-state index contributed by atoms with van der Waals surface area (Å²) < 4.78 is 7.33. The topological polar surface area (TPSA) is 77.0 Å². The van der Waals surface area contributed by atoms with E-state index >= 15 is 0 Å². The molecule has 2 aromatic rings. The van der Waals surface area contributed by atoms with E-state index in [-0.39, 0.29) is 6.61 Å². The third-order valence-corrected chi connectivity index (χ3v) is 4.35. The summed E-state index contributed by atoms with van der Waals surface area (Å²) in [4.78, 5) is 9.00. The number of nitriles is 1. The van der Waals surface area contributed by atoms with Crippen molar-refractivity contribution < 1.29 is 9.84 Å². The summed E-state index contributed by atoms with van der Waals surface area (Å²) in [7, 11) is 0. The summed E-state index contributed by atoms with van der Waals surface area (Å²) in [6, 6.07) is 5.79. The lowest BCUT2D eigenvalue weighted by atomic mass is 10.3. The summed E-state index contributed by atoms with van der Waals surface area (Å²) in [5.41, 5.74) is 2.47. The first-order valence-electron chi connectivity index (χ1n) is 8.29. The Morgan fingerprint density at radius 2 is 2.12 bits per heavy atom. The summed E-state index contributed by atoms with van der Waals surface area (Å²) >= 11 is 0. The molecule has 3 rings (SSSR count). The second-order valence-corrected chi connectivity index (χ2v) is 5.96. The molecule has 7 nitrogen and oxygen atoms in total. The molecular weight excluding hydrogens is 306 g/mol. The molecule has 0 aliphatic carbocycles. The monoisotopic (exact) mass is 329 g/mol. The number of nitrogens with zero attached hydrogens (tertiary/aromatic N) is 5. The first-order chi connectivity index (χ1) is 11.8. The average Bonchev–Trinajstić information content (AvgIpc) is 3.03. The van der Waals surface area contributed by atoms with Gasteiger partial charge in [0.2, 0.25) is 0 Å². The van der Waals surface area contributed by atoms with Gasteiger partial charge in [-0.2, -0.15) is 5.26 Å². The fraction of sp³-hybridized carbons (Fsp3) is 0.529.